The number of aromatic nitrogens is 1. The Morgan fingerprint density at radius 2 is 1.82 bits per heavy atom. The molecule has 4 heteroatoms. The van der Waals surface area contributed by atoms with E-state index in [0.717, 1.165) is 44.8 Å². The summed E-state index contributed by atoms with van der Waals surface area (Å²) in [5, 5.41) is 4.14. The largest absolute Gasteiger partial charge is 0.496 e. The van der Waals surface area contributed by atoms with Gasteiger partial charge in [0.15, 0.2) is 5.76 Å². The minimum absolute atomic E-state index is 0.727. The molecule has 0 bridgehead atoms. The molecular formula is C18H16BrNO2. The van der Waals surface area contributed by atoms with Gasteiger partial charge < -0.3 is 9.26 Å². The van der Waals surface area contributed by atoms with E-state index in [1.54, 1.807) is 7.11 Å². The smallest absolute Gasteiger partial charge is 0.170 e. The Labute approximate surface area is 138 Å². The topological polar surface area (TPSA) is 35.3 Å². The van der Waals surface area contributed by atoms with Crippen LogP contribution in [0, 0.1) is 6.92 Å². The van der Waals surface area contributed by atoms with Crippen molar-refractivity contribution < 1.29 is 9.26 Å². The maximum atomic E-state index is 5.56. The number of aryl methyl sites for hydroxylation is 1. The van der Waals surface area contributed by atoms with E-state index in [9.17, 15) is 0 Å². The van der Waals surface area contributed by atoms with Gasteiger partial charge in [-0.3, -0.25) is 0 Å². The maximum Gasteiger partial charge on any atom is 0.170 e. The Hall–Kier alpha value is -2.07. The summed E-state index contributed by atoms with van der Waals surface area (Å²) < 4.78 is 12.0. The molecule has 1 heterocycles. The SMILES string of the molecule is COc1ccccc1Cc1c(C)noc1-c1ccc(Br)cc1. The van der Waals surface area contributed by atoms with Crippen molar-refractivity contribution in [3.8, 4) is 17.1 Å². The van der Waals surface area contributed by atoms with Crippen molar-refractivity contribution in [3.05, 3.63) is 69.8 Å². The van der Waals surface area contributed by atoms with Gasteiger partial charge in [-0.1, -0.05) is 51.4 Å². The second kappa shape index (κ2) is 6.36. The van der Waals surface area contributed by atoms with Crippen LogP contribution in [0.3, 0.4) is 0 Å². The van der Waals surface area contributed by atoms with Gasteiger partial charge in [0.25, 0.3) is 0 Å². The van der Waals surface area contributed by atoms with E-state index in [-0.39, 0.29) is 0 Å². The van der Waals surface area contributed by atoms with E-state index in [2.05, 4.69) is 27.2 Å². The number of halogens is 1. The molecule has 0 unspecified atom stereocenters. The molecule has 0 aliphatic rings. The summed E-state index contributed by atoms with van der Waals surface area (Å²) in [7, 11) is 1.69. The third-order valence-electron chi connectivity index (χ3n) is 3.65. The molecule has 3 aromatic rings. The quantitative estimate of drug-likeness (QED) is 0.658. The molecule has 0 saturated carbocycles. The summed E-state index contributed by atoms with van der Waals surface area (Å²) in [6.07, 6.45) is 0.727. The second-order valence-corrected chi connectivity index (χ2v) is 5.99. The second-order valence-electron chi connectivity index (χ2n) is 5.07. The zero-order valence-electron chi connectivity index (χ0n) is 12.5. The maximum absolute atomic E-state index is 5.56. The first-order chi connectivity index (χ1) is 10.7. The average molecular weight is 358 g/mol. The summed E-state index contributed by atoms with van der Waals surface area (Å²) in [5.41, 5.74) is 4.14. The molecule has 3 rings (SSSR count). The van der Waals surface area contributed by atoms with Crippen LogP contribution >= 0.6 is 15.9 Å². The number of rotatable bonds is 4. The van der Waals surface area contributed by atoms with Gasteiger partial charge in [0.1, 0.15) is 5.75 Å². The molecule has 1 aromatic heterocycles. The van der Waals surface area contributed by atoms with Crippen LogP contribution in [0.25, 0.3) is 11.3 Å². The first-order valence-electron chi connectivity index (χ1n) is 7.02. The predicted molar refractivity (Wildman–Crippen MR) is 90.2 cm³/mol. The third-order valence-corrected chi connectivity index (χ3v) is 4.18. The molecule has 0 aliphatic heterocycles. The fraction of sp³-hybridized carbons (Fsp3) is 0.167. The predicted octanol–water partition coefficient (Wildman–Crippen LogP) is 5.01. The molecule has 22 heavy (non-hydrogen) atoms. The molecule has 0 atom stereocenters. The monoisotopic (exact) mass is 357 g/mol. The van der Waals surface area contributed by atoms with Crippen molar-refractivity contribution in [3.63, 3.8) is 0 Å². The number of ether oxygens (including phenoxy) is 1. The van der Waals surface area contributed by atoms with Crippen molar-refractivity contribution in [2.75, 3.05) is 7.11 Å². The fourth-order valence-corrected chi connectivity index (χ4v) is 2.73. The lowest BCUT2D eigenvalue weighted by atomic mass is 9.99. The first-order valence-corrected chi connectivity index (χ1v) is 7.81. The minimum atomic E-state index is 0.727. The lowest BCUT2D eigenvalue weighted by molar-refractivity contribution is 0.410. The number of para-hydroxylation sites is 1. The Kier molecular flexibility index (Phi) is 4.29. The summed E-state index contributed by atoms with van der Waals surface area (Å²) in [5.74, 6) is 1.70. The third kappa shape index (κ3) is 2.92. The number of hydrogen-bond donors (Lipinski definition) is 0. The summed E-state index contributed by atoms with van der Waals surface area (Å²) in [6, 6.07) is 16.1. The highest BCUT2D eigenvalue weighted by molar-refractivity contribution is 9.10. The lowest BCUT2D eigenvalue weighted by Crippen LogP contribution is -1.95. The van der Waals surface area contributed by atoms with Gasteiger partial charge in [0, 0.05) is 22.0 Å². The minimum Gasteiger partial charge on any atom is -0.496 e. The molecule has 0 saturated heterocycles. The van der Waals surface area contributed by atoms with E-state index in [0.29, 0.717) is 0 Å². The molecule has 2 aromatic carbocycles. The van der Waals surface area contributed by atoms with Gasteiger partial charge in [-0.15, -0.1) is 0 Å². The highest BCUT2D eigenvalue weighted by Crippen LogP contribution is 2.31. The summed E-state index contributed by atoms with van der Waals surface area (Å²) >= 11 is 3.45. The highest BCUT2D eigenvalue weighted by atomic mass is 79.9. The summed E-state index contributed by atoms with van der Waals surface area (Å²) in [6.45, 7) is 1.97. The Bertz CT molecular complexity index is 778. The van der Waals surface area contributed by atoms with Crippen molar-refractivity contribution in [1.82, 2.24) is 5.16 Å². The molecule has 112 valence electrons. The first kappa shape index (κ1) is 14.9. The van der Waals surface area contributed by atoms with Crippen molar-refractivity contribution in [2.45, 2.75) is 13.3 Å². The molecule has 0 spiro atoms. The Morgan fingerprint density at radius 1 is 1.09 bits per heavy atom. The van der Waals surface area contributed by atoms with Crippen LogP contribution in [0.5, 0.6) is 5.75 Å². The zero-order valence-corrected chi connectivity index (χ0v) is 14.1. The highest BCUT2D eigenvalue weighted by Gasteiger charge is 2.16. The van der Waals surface area contributed by atoms with Crippen molar-refractivity contribution >= 4 is 15.9 Å². The molecule has 0 fully saturated rings. The van der Waals surface area contributed by atoms with Crippen LogP contribution < -0.4 is 4.74 Å². The molecular weight excluding hydrogens is 342 g/mol. The molecule has 0 amide bonds. The van der Waals surface area contributed by atoms with Crippen LogP contribution in [0.1, 0.15) is 16.8 Å². The molecule has 0 N–H and O–H groups in total. The Balaban J connectivity index is 2.01. The number of methoxy groups -OCH3 is 1. The van der Waals surface area contributed by atoms with Gasteiger partial charge >= 0.3 is 0 Å². The van der Waals surface area contributed by atoms with Crippen LogP contribution in [0.15, 0.2) is 57.5 Å². The van der Waals surface area contributed by atoms with E-state index in [1.165, 1.54) is 0 Å². The van der Waals surface area contributed by atoms with E-state index < -0.39 is 0 Å². The van der Waals surface area contributed by atoms with Crippen LogP contribution in [0.2, 0.25) is 0 Å². The van der Waals surface area contributed by atoms with Crippen molar-refractivity contribution in [2.24, 2.45) is 0 Å². The Morgan fingerprint density at radius 3 is 2.55 bits per heavy atom. The van der Waals surface area contributed by atoms with Crippen LogP contribution in [0.4, 0.5) is 0 Å². The standard InChI is InChI=1S/C18H16BrNO2/c1-12-16(11-14-5-3-4-6-17(14)21-2)18(22-20-12)13-7-9-15(19)10-8-13/h3-10H,11H2,1-2H3. The molecule has 3 nitrogen and oxygen atoms in total. The van der Waals surface area contributed by atoms with Gasteiger partial charge in [0.2, 0.25) is 0 Å². The van der Waals surface area contributed by atoms with Gasteiger partial charge in [-0.05, 0) is 30.7 Å². The van der Waals surface area contributed by atoms with Crippen LogP contribution in [-0.2, 0) is 6.42 Å². The zero-order chi connectivity index (χ0) is 15.5. The van der Waals surface area contributed by atoms with Gasteiger partial charge in [-0.2, -0.15) is 0 Å². The van der Waals surface area contributed by atoms with Crippen LogP contribution in [-0.4, -0.2) is 12.3 Å². The van der Waals surface area contributed by atoms with Crippen molar-refractivity contribution in [1.29, 1.82) is 0 Å². The van der Waals surface area contributed by atoms with Gasteiger partial charge in [-0.25, -0.2) is 0 Å². The van der Waals surface area contributed by atoms with E-state index >= 15 is 0 Å². The molecule has 0 radical (unpaired) electrons. The molecule has 0 aliphatic carbocycles. The van der Waals surface area contributed by atoms with Gasteiger partial charge in [0.05, 0.1) is 12.8 Å². The number of hydrogen-bond acceptors (Lipinski definition) is 3. The number of nitrogens with zero attached hydrogens (tertiary/aromatic N) is 1. The lowest BCUT2D eigenvalue weighted by Gasteiger charge is -2.08. The normalized spacial score (nSPS) is 10.7. The fourth-order valence-electron chi connectivity index (χ4n) is 2.46. The average Bonchev–Trinajstić information content (AvgIpc) is 2.90. The summed E-state index contributed by atoms with van der Waals surface area (Å²) in [4.78, 5) is 0. The van der Waals surface area contributed by atoms with E-state index in [1.807, 2.05) is 49.4 Å². The number of benzene rings is 2. The van der Waals surface area contributed by atoms with E-state index in [4.69, 9.17) is 9.26 Å².